The van der Waals surface area contributed by atoms with Gasteiger partial charge in [-0.05, 0) is 25.0 Å². The minimum absolute atomic E-state index is 0.778. The maximum Gasteiger partial charge on any atom is 0.0647 e. The van der Waals surface area contributed by atoms with Gasteiger partial charge in [-0.1, -0.05) is 23.7 Å². The number of hydrogen-bond donors (Lipinski definition) is 1. The quantitative estimate of drug-likeness (QED) is 0.737. The van der Waals surface area contributed by atoms with Gasteiger partial charge in [0.05, 0.1) is 10.5 Å². The second-order valence-electron chi connectivity index (χ2n) is 3.40. The van der Waals surface area contributed by atoms with Crippen molar-refractivity contribution >= 4 is 22.5 Å². The number of aromatic nitrogens is 1. The molecule has 76 valence electrons. The summed E-state index contributed by atoms with van der Waals surface area (Å²) in [4.78, 5) is 3.20. The number of rotatable bonds is 2. The van der Waals surface area contributed by atoms with Crippen LogP contribution < -0.4 is 0 Å². The fourth-order valence-electron chi connectivity index (χ4n) is 1.70. The van der Waals surface area contributed by atoms with Gasteiger partial charge in [0.25, 0.3) is 0 Å². The molecule has 0 saturated heterocycles. The van der Waals surface area contributed by atoms with Crippen molar-refractivity contribution in [1.82, 2.24) is 4.98 Å². The highest BCUT2D eigenvalue weighted by molar-refractivity contribution is 6.35. The SMILES string of the molecule is CC#CCCc1c[nH]c2c(Cl)cccc12. The van der Waals surface area contributed by atoms with Gasteiger partial charge in [-0.3, -0.25) is 0 Å². The Kier molecular flexibility index (Phi) is 2.99. The minimum Gasteiger partial charge on any atom is -0.360 e. The number of benzene rings is 1. The van der Waals surface area contributed by atoms with Crippen LogP contribution >= 0.6 is 11.6 Å². The maximum absolute atomic E-state index is 6.07. The van der Waals surface area contributed by atoms with E-state index in [4.69, 9.17) is 11.6 Å². The van der Waals surface area contributed by atoms with E-state index >= 15 is 0 Å². The average Bonchev–Trinajstić information content (AvgIpc) is 2.64. The lowest BCUT2D eigenvalue weighted by molar-refractivity contribution is 1.04. The van der Waals surface area contributed by atoms with E-state index in [1.54, 1.807) is 0 Å². The molecule has 0 aliphatic heterocycles. The van der Waals surface area contributed by atoms with Crippen LogP contribution in [0.1, 0.15) is 18.9 Å². The maximum atomic E-state index is 6.07. The summed E-state index contributed by atoms with van der Waals surface area (Å²) in [5.74, 6) is 5.97. The smallest absolute Gasteiger partial charge is 0.0647 e. The molecule has 0 spiro atoms. The zero-order valence-corrected chi connectivity index (χ0v) is 9.36. The van der Waals surface area contributed by atoms with E-state index in [0.717, 1.165) is 23.4 Å². The molecule has 0 aliphatic rings. The van der Waals surface area contributed by atoms with Gasteiger partial charge in [-0.15, -0.1) is 11.8 Å². The molecular weight excluding hydrogens is 206 g/mol. The first-order valence-electron chi connectivity index (χ1n) is 4.97. The van der Waals surface area contributed by atoms with Crippen LogP contribution in [-0.4, -0.2) is 4.98 Å². The molecule has 0 saturated carbocycles. The largest absolute Gasteiger partial charge is 0.360 e. The molecule has 1 aromatic carbocycles. The van der Waals surface area contributed by atoms with Gasteiger partial charge in [0.2, 0.25) is 0 Å². The Morgan fingerprint density at radius 3 is 3.07 bits per heavy atom. The van der Waals surface area contributed by atoms with E-state index < -0.39 is 0 Å². The zero-order chi connectivity index (χ0) is 10.7. The van der Waals surface area contributed by atoms with Crippen LogP contribution in [0.4, 0.5) is 0 Å². The first kappa shape index (κ1) is 10.1. The Labute approximate surface area is 94.4 Å². The second kappa shape index (κ2) is 4.42. The second-order valence-corrected chi connectivity index (χ2v) is 3.81. The Morgan fingerprint density at radius 2 is 2.27 bits per heavy atom. The number of para-hydroxylation sites is 1. The van der Waals surface area contributed by atoms with Gasteiger partial charge in [0.1, 0.15) is 0 Å². The lowest BCUT2D eigenvalue weighted by Gasteiger charge is -1.96. The summed E-state index contributed by atoms with van der Waals surface area (Å²) in [6.45, 7) is 1.87. The van der Waals surface area contributed by atoms with E-state index in [9.17, 15) is 0 Å². The van der Waals surface area contributed by atoms with Gasteiger partial charge in [-0.2, -0.15) is 0 Å². The number of aromatic amines is 1. The van der Waals surface area contributed by atoms with Crippen LogP contribution in [0, 0.1) is 11.8 Å². The highest BCUT2D eigenvalue weighted by atomic mass is 35.5. The molecule has 1 heterocycles. The van der Waals surface area contributed by atoms with Gasteiger partial charge >= 0.3 is 0 Å². The van der Waals surface area contributed by atoms with Gasteiger partial charge in [-0.25, -0.2) is 0 Å². The van der Waals surface area contributed by atoms with Crippen molar-refractivity contribution in [1.29, 1.82) is 0 Å². The molecule has 0 atom stereocenters. The Balaban J connectivity index is 2.35. The normalized spacial score (nSPS) is 10.0. The van der Waals surface area contributed by atoms with Crippen LogP contribution in [0.2, 0.25) is 5.02 Å². The van der Waals surface area contributed by atoms with Crippen molar-refractivity contribution in [3.8, 4) is 11.8 Å². The van der Waals surface area contributed by atoms with Gasteiger partial charge in [0, 0.05) is 18.0 Å². The molecule has 2 heteroatoms. The molecule has 0 amide bonds. The Bertz CT molecular complexity index is 528. The fraction of sp³-hybridized carbons (Fsp3) is 0.231. The molecule has 0 unspecified atom stereocenters. The third-order valence-corrected chi connectivity index (χ3v) is 2.76. The summed E-state index contributed by atoms with van der Waals surface area (Å²) in [5, 5.41) is 1.99. The van der Waals surface area contributed by atoms with Crippen molar-refractivity contribution in [2.24, 2.45) is 0 Å². The number of halogens is 1. The van der Waals surface area contributed by atoms with Gasteiger partial charge < -0.3 is 4.98 Å². The fourth-order valence-corrected chi connectivity index (χ4v) is 1.93. The summed E-state index contributed by atoms with van der Waals surface area (Å²) in [6, 6.07) is 5.97. The topological polar surface area (TPSA) is 15.8 Å². The molecule has 0 fully saturated rings. The molecule has 2 rings (SSSR count). The van der Waals surface area contributed by atoms with Crippen LogP contribution in [0.25, 0.3) is 10.9 Å². The Hall–Kier alpha value is -1.39. The third-order valence-electron chi connectivity index (χ3n) is 2.45. The summed E-state index contributed by atoms with van der Waals surface area (Å²) < 4.78 is 0. The van der Waals surface area contributed by atoms with E-state index in [2.05, 4.69) is 22.9 Å². The van der Waals surface area contributed by atoms with Crippen LogP contribution in [0.3, 0.4) is 0 Å². The van der Waals surface area contributed by atoms with E-state index in [1.807, 2.05) is 25.3 Å². The van der Waals surface area contributed by atoms with Crippen LogP contribution in [-0.2, 0) is 6.42 Å². The third kappa shape index (κ3) is 2.00. The van der Waals surface area contributed by atoms with Crippen molar-refractivity contribution in [3.05, 3.63) is 35.0 Å². The number of H-pyrrole nitrogens is 1. The summed E-state index contributed by atoms with van der Waals surface area (Å²) in [7, 11) is 0. The summed E-state index contributed by atoms with van der Waals surface area (Å²) >= 11 is 6.07. The molecular formula is C13H12ClN. The van der Waals surface area contributed by atoms with E-state index in [1.165, 1.54) is 10.9 Å². The van der Waals surface area contributed by atoms with Crippen molar-refractivity contribution < 1.29 is 0 Å². The number of hydrogen-bond acceptors (Lipinski definition) is 0. The first-order chi connectivity index (χ1) is 7.33. The summed E-state index contributed by atoms with van der Waals surface area (Å²) in [6.07, 6.45) is 3.89. The number of aryl methyl sites for hydroxylation is 1. The highest BCUT2D eigenvalue weighted by Crippen LogP contribution is 2.25. The Morgan fingerprint density at radius 1 is 1.40 bits per heavy atom. The first-order valence-corrected chi connectivity index (χ1v) is 5.35. The van der Waals surface area contributed by atoms with Crippen molar-refractivity contribution in [2.45, 2.75) is 19.8 Å². The number of nitrogens with one attached hydrogen (secondary N) is 1. The van der Waals surface area contributed by atoms with Crippen LogP contribution in [0.15, 0.2) is 24.4 Å². The predicted molar refractivity (Wildman–Crippen MR) is 65.1 cm³/mol. The van der Waals surface area contributed by atoms with Gasteiger partial charge in [0.15, 0.2) is 0 Å². The zero-order valence-electron chi connectivity index (χ0n) is 8.60. The molecule has 2 aromatic rings. The van der Waals surface area contributed by atoms with E-state index in [-0.39, 0.29) is 0 Å². The molecule has 1 N–H and O–H groups in total. The minimum atomic E-state index is 0.778. The molecule has 0 aliphatic carbocycles. The highest BCUT2D eigenvalue weighted by Gasteiger charge is 2.04. The lowest BCUT2D eigenvalue weighted by atomic mass is 10.1. The molecule has 0 bridgehead atoms. The van der Waals surface area contributed by atoms with Crippen LogP contribution in [0.5, 0.6) is 0 Å². The molecule has 1 nitrogen and oxygen atoms in total. The van der Waals surface area contributed by atoms with Crippen molar-refractivity contribution in [2.75, 3.05) is 0 Å². The molecule has 1 aromatic heterocycles. The molecule has 15 heavy (non-hydrogen) atoms. The number of fused-ring (bicyclic) bond motifs is 1. The summed E-state index contributed by atoms with van der Waals surface area (Å²) in [5.41, 5.74) is 2.31. The standard InChI is InChI=1S/C13H12ClN/c1-2-3-4-6-10-9-15-13-11(10)7-5-8-12(13)14/h5,7-9,15H,4,6H2,1H3. The lowest BCUT2D eigenvalue weighted by Crippen LogP contribution is -1.80. The van der Waals surface area contributed by atoms with Crippen molar-refractivity contribution in [3.63, 3.8) is 0 Å². The van der Waals surface area contributed by atoms with E-state index in [0.29, 0.717) is 0 Å². The molecule has 0 radical (unpaired) electrons. The predicted octanol–water partition coefficient (Wildman–Crippen LogP) is 3.78. The average molecular weight is 218 g/mol. The monoisotopic (exact) mass is 217 g/mol.